The molecular formula is C14H28P+. The molecule has 0 unspecified atom stereocenters. The van der Waals surface area contributed by atoms with Crippen molar-refractivity contribution in [3.8, 4) is 0 Å². The molecule has 0 spiro atoms. The van der Waals surface area contributed by atoms with Crippen molar-refractivity contribution >= 4 is 7.26 Å². The van der Waals surface area contributed by atoms with E-state index in [2.05, 4.69) is 66.9 Å². The van der Waals surface area contributed by atoms with E-state index in [1.807, 2.05) is 0 Å². The van der Waals surface area contributed by atoms with Gasteiger partial charge in [0.15, 0.2) is 0 Å². The molecule has 0 aliphatic carbocycles. The molecule has 0 aliphatic heterocycles. The lowest BCUT2D eigenvalue weighted by molar-refractivity contribution is 0.687. The van der Waals surface area contributed by atoms with Gasteiger partial charge in [0.1, 0.15) is 0 Å². The fourth-order valence-electron chi connectivity index (χ4n) is 2.62. The highest BCUT2D eigenvalue weighted by atomic mass is 31.2. The summed E-state index contributed by atoms with van der Waals surface area (Å²) in [6, 6.07) is 0. The van der Waals surface area contributed by atoms with Crippen molar-refractivity contribution in [3.05, 3.63) is 25.3 Å². The largest absolute Gasteiger partial charge is 0.0995 e. The van der Waals surface area contributed by atoms with Crippen LogP contribution in [0.5, 0.6) is 0 Å². The van der Waals surface area contributed by atoms with Gasteiger partial charge in [-0.15, -0.1) is 0 Å². The van der Waals surface area contributed by atoms with E-state index >= 15 is 0 Å². The number of hydrogen-bond acceptors (Lipinski definition) is 0. The second kappa shape index (κ2) is 4.83. The van der Waals surface area contributed by atoms with Crippen LogP contribution in [0.1, 0.15) is 41.5 Å². The number of hydrogen-bond donors (Lipinski definition) is 0. The molecule has 0 N–H and O–H groups in total. The zero-order valence-electron chi connectivity index (χ0n) is 11.4. The third kappa shape index (κ3) is 2.94. The summed E-state index contributed by atoms with van der Waals surface area (Å²) in [5.41, 5.74) is 0. The molecular weight excluding hydrogens is 199 g/mol. The van der Waals surface area contributed by atoms with Crippen LogP contribution in [0.3, 0.4) is 0 Å². The highest BCUT2D eigenvalue weighted by molar-refractivity contribution is 7.79. The lowest BCUT2D eigenvalue weighted by Gasteiger charge is -2.46. The van der Waals surface area contributed by atoms with Crippen molar-refractivity contribution in [2.45, 2.75) is 51.9 Å². The molecule has 0 bridgehead atoms. The maximum Gasteiger partial charge on any atom is 0.0784 e. The van der Waals surface area contributed by atoms with Crippen LogP contribution >= 0.6 is 7.26 Å². The molecule has 0 heterocycles. The Kier molecular flexibility index (Phi) is 4.80. The molecule has 0 amide bonds. The predicted octanol–water partition coefficient (Wildman–Crippen LogP) is 4.97. The highest BCUT2D eigenvalue weighted by Crippen LogP contribution is 2.76. The first-order chi connectivity index (χ1) is 6.62. The number of allylic oxidation sites excluding steroid dienone is 2. The maximum absolute atomic E-state index is 3.95. The maximum atomic E-state index is 3.95. The summed E-state index contributed by atoms with van der Waals surface area (Å²) in [7, 11) is -1.10. The van der Waals surface area contributed by atoms with Crippen molar-refractivity contribution in [3.63, 3.8) is 0 Å². The van der Waals surface area contributed by atoms with Gasteiger partial charge < -0.3 is 0 Å². The van der Waals surface area contributed by atoms with Gasteiger partial charge in [-0.25, -0.2) is 0 Å². The standard InChI is InChI=1S/C14H28P/c1-9-11-15(12-10-2,13(3,4)5)14(6,7)8/h9-10H,1-2,11-12H2,3-8H3/q+1. The minimum absolute atomic E-state index is 0.369. The molecule has 0 atom stereocenters. The molecule has 0 fully saturated rings. The minimum Gasteiger partial charge on any atom is -0.0995 e. The Morgan fingerprint density at radius 2 is 1.07 bits per heavy atom. The van der Waals surface area contributed by atoms with Gasteiger partial charge in [-0.3, -0.25) is 0 Å². The van der Waals surface area contributed by atoms with Gasteiger partial charge in [0.05, 0.1) is 22.6 Å². The quantitative estimate of drug-likeness (QED) is 0.469. The Bertz CT molecular complexity index is 199. The monoisotopic (exact) mass is 227 g/mol. The SMILES string of the molecule is C=CC[P+](CC=C)(C(C)(C)C)C(C)(C)C. The van der Waals surface area contributed by atoms with E-state index in [1.165, 1.54) is 0 Å². The first-order valence-electron chi connectivity index (χ1n) is 5.71. The van der Waals surface area contributed by atoms with Crippen LogP contribution in [-0.4, -0.2) is 22.6 Å². The Hall–Kier alpha value is -0.0900. The van der Waals surface area contributed by atoms with E-state index in [0.717, 1.165) is 12.3 Å². The van der Waals surface area contributed by atoms with E-state index in [0.29, 0.717) is 10.3 Å². The molecule has 0 radical (unpaired) electrons. The smallest absolute Gasteiger partial charge is 0.0784 e. The van der Waals surface area contributed by atoms with Crippen LogP contribution in [0.25, 0.3) is 0 Å². The van der Waals surface area contributed by atoms with Crippen LogP contribution in [-0.2, 0) is 0 Å². The molecule has 0 saturated carbocycles. The topological polar surface area (TPSA) is 0 Å². The van der Waals surface area contributed by atoms with E-state index in [1.54, 1.807) is 0 Å². The third-order valence-corrected chi connectivity index (χ3v) is 10.3. The molecule has 0 saturated heterocycles. The van der Waals surface area contributed by atoms with Crippen LogP contribution in [0.2, 0.25) is 0 Å². The Labute approximate surface area is 97.2 Å². The highest BCUT2D eigenvalue weighted by Gasteiger charge is 2.55. The summed E-state index contributed by atoms with van der Waals surface area (Å²) in [6.45, 7) is 22.1. The van der Waals surface area contributed by atoms with Crippen LogP contribution in [0, 0.1) is 0 Å². The van der Waals surface area contributed by atoms with Gasteiger partial charge in [-0.1, -0.05) is 25.3 Å². The Balaban J connectivity index is 5.46. The second-order valence-electron chi connectivity index (χ2n) is 6.25. The van der Waals surface area contributed by atoms with Gasteiger partial charge >= 0.3 is 0 Å². The fraction of sp³-hybridized carbons (Fsp3) is 0.714. The zero-order valence-corrected chi connectivity index (χ0v) is 12.3. The van der Waals surface area contributed by atoms with Gasteiger partial charge in [-0.05, 0) is 41.5 Å². The first kappa shape index (κ1) is 14.9. The van der Waals surface area contributed by atoms with Gasteiger partial charge in [0.2, 0.25) is 0 Å². The third-order valence-electron chi connectivity index (χ3n) is 3.45. The van der Waals surface area contributed by atoms with E-state index in [-0.39, 0.29) is 0 Å². The summed E-state index contributed by atoms with van der Waals surface area (Å²) < 4.78 is 0. The molecule has 0 rings (SSSR count). The summed E-state index contributed by atoms with van der Waals surface area (Å²) in [4.78, 5) is 0. The van der Waals surface area contributed by atoms with Crippen LogP contribution in [0.15, 0.2) is 25.3 Å². The van der Waals surface area contributed by atoms with E-state index < -0.39 is 7.26 Å². The molecule has 88 valence electrons. The van der Waals surface area contributed by atoms with Crippen molar-refractivity contribution in [2.24, 2.45) is 0 Å². The average molecular weight is 227 g/mol. The average Bonchev–Trinajstić information content (AvgIpc) is 1.99. The molecule has 0 aliphatic rings. The molecule has 0 aromatic carbocycles. The first-order valence-corrected chi connectivity index (χ1v) is 7.87. The molecule has 0 aromatic rings. The molecule has 15 heavy (non-hydrogen) atoms. The van der Waals surface area contributed by atoms with Crippen LogP contribution < -0.4 is 0 Å². The Morgan fingerprint density at radius 3 is 1.20 bits per heavy atom. The van der Waals surface area contributed by atoms with E-state index in [9.17, 15) is 0 Å². The van der Waals surface area contributed by atoms with Crippen molar-refractivity contribution in [1.29, 1.82) is 0 Å². The van der Waals surface area contributed by atoms with Gasteiger partial charge in [0, 0.05) is 7.26 Å². The summed E-state index contributed by atoms with van der Waals surface area (Å²) in [6.07, 6.45) is 6.53. The minimum atomic E-state index is -1.10. The lowest BCUT2D eigenvalue weighted by Crippen LogP contribution is -2.36. The van der Waals surface area contributed by atoms with E-state index in [4.69, 9.17) is 0 Å². The van der Waals surface area contributed by atoms with Gasteiger partial charge in [0.25, 0.3) is 0 Å². The zero-order chi connectivity index (χ0) is 12.3. The molecule has 0 aromatic heterocycles. The predicted molar refractivity (Wildman–Crippen MR) is 76.6 cm³/mol. The fourth-order valence-corrected chi connectivity index (χ4v) is 7.85. The lowest BCUT2D eigenvalue weighted by atomic mass is 10.2. The van der Waals surface area contributed by atoms with Gasteiger partial charge in [-0.2, -0.15) is 0 Å². The summed E-state index contributed by atoms with van der Waals surface area (Å²) >= 11 is 0. The molecule has 0 nitrogen and oxygen atoms in total. The number of rotatable bonds is 4. The van der Waals surface area contributed by atoms with Crippen molar-refractivity contribution in [2.75, 3.05) is 12.3 Å². The second-order valence-corrected chi connectivity index (χ2v) is 11.6. The summed E-state index contributed by atoms with van der Waals surface area (Å²) in [5, 5.41) is 0.737. The van der Waals surface area contributed by atoms with Crippen molar-refractivity contribution in [1.82, 2.24) is 0 Å². The summed E-state index contributed by atoms with van der Waals surface area (Å²) in [5.74, 6) is 0. The van der Waals surface area contributed by atoms with Crippen molar-refractivity contribution < 1.29 is 0 Å². The molecule has 1 heteroatoms. The Morgan fingerprint density at radius 1 is 0.800 bits per heavy atom. The van der Waals surface area contributed by atoms with Crippen LogP contribution in [0.4, 0.5) is 0 Å². The normalized spacial score (nSPS) is 13.7.